The average Bonchev–Trinajstić information content (AvgIpc) is 2.83. The Morgan fingerprint density at radius 3 is 2.15 bits per heavy atom. The second kappa shape index (κ2) is 10.8. The van der Waals surface area contributed by atoms with Crippen LogP contribution in [0.3, 0.4) is 0 Å². The van der Waals surface area contributed by atoms with Gasteiger partial charge in [0.2, 0.25) is 15.9 Å². The van der Waals surface area contributed by atoms with Crippen LogP contribution in [0.2, 0.25) is 0 Å². The smallest absolute Gasteiger partial charge is 0.251 e. The maximum Gasteiger partial charge on any atom is 0.251 e. The van der Waals surface area contributed by atoms with Crippen molar-refractivity contribution >= 4 is 27.5 Å². The Bertz CT molecular complexity index is 1060. The SMILES string of the molecule is COc1ccc(C(=O)N[C@H](C(=O)Nc2ccc(S(=O)(=O)N3CCOCC3)cc2)C(C)C)cc1. The van der Waals surface area contributed by atoms with Gasteiger partial charge in [0.1, 0.15) is 11.8 Å². The number of carbonyl (C=O) groups excluding carboxylic acids is 2. The third kappa shape index (κ3) is 6.10. The van der Waals surface area contributed by atoms with E-state index in [2.05, 4.69) is 10.6 Å². The topological polar surface area (TPSA) is 114 Å². The van der Waals surface area contributed by atoms with E-state index in [0.29, 0.717) is 43.3 Å². The molecule has 1 heterocycles. The molecular formula is C23H29N3O6S. The Hall–Kier alpha value is -2.95. The second-order valence-corrected chi connectivity index (χ2v) is 9.89. The molecule has 2 aromatic carbocycles. The predicted molar refractivity (Wildman–Crippen MR) is 124 cm³/mol. The summed E-state index contributed by atoms with van der Waals surface area (Å²) in [5, 5.41) is 5.52. The van der Waals surface area contributed by atoms with Crippen LogP contribution in [0.15, 0.2) is 53.4 Å². The van der Waals surface area contributed by atoms with Crippen LogP contribution in [0.4, 0.5) is 5.69 Å². The molecule has 10 heteroatoms. The van der Waals surface area contributed by atoms with Gasteiger partial charge in [-0.2, -0.15) is 4.31 Å². The summed E-state index contributed by atoms with van der Waals surface area (Å²) < 4.78 is 37.2. The monoisotopic (exact) mass is 475 g/mol. The molecule has 0 aliphatic carbocycles. The van der Waals surface area contributed by atoms with Crippen molar-refractivity contribution in [1.29, 1.82) is 0 Å². The number of amides is 2. The number of morpholine rings is 1. The normalized spacial score (nSPS) is 15.6. The molecule has 2 amide bonds. The fourth-order valence-electron chi connectivity index (χ4n) is 3.37. The van der Waals surface area contributed by atoms with E-state index in [4.69, 9.17) is 9.47 Å². The first-order valence-corrected chi connectivity index (χ1v) is 12.1. The van der Waals surface area contributed by atoms with Crippen molar-refractivity contribution in [2.45, 2.75) is 24.8 Å². The molecule has 1 saturated heterocycles. The predicted octanol–water partition coefficient (Wildman–Crippen LogP) is 2.11. The quantitative estimate of drug-likeness (QED) is 0.605. The molecule has 1 aliphatic heterocycles. The Morgan fingerprint density at radius 2 is 1.61 bits per heavy atom. The summed E-state index contributed by atoms with van der Waals surface area (Å²) in [5.41, 5.74) is 0.845. The number of carbonyl (C=O) groups is 2. The molecule has 0 aromatic heterocycles. The number of nitrogens with zero attached hydrogens (tertiary/aromatic N) is 1. The minimum atomic E-state index is -3.61. The van der Waals surface area contributed by atoms with Gasteiger partial charge in [0.15, 0.2) is 0 Å². The molecule has 2 aromatic rings. The minimum Gasteiger partial charge on any atom is -0.497 e. The van der Waals surface area contributed by atoms with Gasteiger partial charge in [0.25, 0.3) is 5.91 Å². The summed E-state index contributed by atoms with van der Waals surface area (Å²) in [6, 6.07) is 11.8. The molecule has 0 spiro atoms. The molecule has 178 valence electrons. The molecule has 33 heavy (non-hydrogen) atoms. The Balaban J connectivity index is 1.66. The number of methoxy groups -OCH3 is 1. The van der Waals surface area contributed by atoms with E-state index in [0.717, 1.165) is 0 Å². The first-order valence-electron chi connectivity index (χ1n) is 10.7. The van der Waals surface area contributed by atoms with Crippen LogP contribution in [0.5, 0.6) is 5.75 Å². The number of benzene rings is 2. The van der Waals surface area contributed by atoms with Crippen LogP contribution in [0, 0.1) is 5.92 Å². The van der Waals surface area contributed by atoms with E-state index in [1.165, 1.54) is 28.6 Å². The lowest BCUT2D eigenvalue weighted by molar-refractivity contribution is -0.118. The van der Waals surface area contributed by atoms with E-state index in [-0.39, 0.29) is 16.7 Å². The van der Waals surface area contributed by atoms with Gasteiger partial charge in [-0.3, -0.25) is 9.59 Å². The standard InChI is InChI=1S/C23H29N3O6S/c1-16(2)21(25-22(27)17-4-8-19(31-3)9-5-17)23(28)24-18-6-10-20(11-7-18)33(29,30)26-12-14-32-15-13-26/h4-11,16,21H,12-15H2,1-3H3,(H,24,28)(H,25,27)/t21-/m0/s1. The van der Waals surface area contributed by atoms with Gasteiger partial charge in [-0.05, 0) is 54.4 Å². The van der Waals surface area contributed by atoms with Gasteiger partial charge < -0.3 is 20.1 Å². The maximum atomic E-state index is 12.9. The van der Waals surface area contributed by atoms with Gasteiger partial charge in [-0.15, -0.1) is 0 Å². The van der Waals surface area contributed by atoms with Crippen molar-refractivity contribution in [2.24, 2.45) is 5.92 Å². The number of ether oxygens (including phenoxy) is 2. The van der Waals surface area contributed by atoms with Crippen LogP contribution in [0.1, 0.15) is 24.2 Å². The lowest BCUT2D eigenvalue weighted by atomic mass is 10.0. The Kier molecular flexibility index (Phi) is 8.06. The zero-order valence-corrected chi connectivity index (χ0v) is 19.7. The highest BCUT2D eigenvalue weighted by atomic mass is 32.2. The highest BCUT2D eigenvalue weighted by molar-refractivity contribution is 7.89. The molecule has 2 N–H and O–H groups in total. The molecule has 1 atom stereocenters. The summed E-state index contributed by atoms with van der Waals surface area (Å²) in [4.78, 5) is 25.6. The molecule has 0 saturated carbocycles. The van der Waals surface area contributed by atoms with E-state index in [1.54, 1.807) is 31.4 Å². The van der Waals surface area contributed by atoms with Gasteiger partial charge in [0.05, 0.1) is 25.2 Å². The summed E-state index contributed by atoms with van der Waals surface area (Å²) in [6.45, 7) is 5.01. The largest absolute Gasteiger partial charge is 0.497 e. The Morgan fingerprint density at radius 1 is 1.00 bits per heavy atom. The third-order valence-electron chi connectivity index (χ3n) is 5.32. The fourth-order valence-corrected chi connectivity index (χ4v) is 4.78. The molecule has 9 nitrogen and oxygen atoms in total. The van der Waals surface area contributed by atoms with Crippen LogP contribution in [-0.4, -0.2) is 64.0 Å². The van der Waals surface area contributed by atoms with Crippen molar-refractivity contribution < 1.29 is 27.5 Å². The number of anilines is 1. The molecular weight excluding hydrogens is 446 g/mol. The van der Waals surface area contributed by atoms with E-state index in [9.17, 15) is 18.0 Å². The fraction of sp³-hybridized carbons (Fsp3) is 0.391. The molecule has 3 rings (SSSR count). The van der Waals surface area contributed by atoms with Crippen molar-refractivity contribution in [3.05, 3.63) is 54.1 Å². The zero-order chi connectivity index (χ0) is 24.0. The minimum absolute atomic E-state index is 0.149. The van der Waals surface area contributed by atoms with E-state index < -0.39 is 22.0 Å². The van der Waals surface area contributed by atoms with Crippen LogP contribution in [0.25, 0.3) is 0 Å². The van der Waals surface area contributed by atoms with Crippen molar-refractivity contribution in [1.82, 2.24) is 9.62 Å². The molecule has 0 radical (unpaired) electrons. The first-order chi connectivity index (χ1) is 15.7. The molecule has 0 bridgehead atoms. The number of hydrogen-bond acceptors (Lipinski definition) is 6. The number of hydrogen-bond donors (Lipinski definition) is 2. The third-order valence-corrected chi connectivity index (χ3v) is 7.23. The molecule has 1 fully saturated rings. The average molecular weight is 476 g/mol. The van der Waals surface area contributed by atoms with Crippen molar-refractivity contribution in [2.75, 3.05) is 38.7 Å². The second-order valence-electron chi connectivity index (χ2n) is 7.95. The highest BCUT2D eigenvalue weighted by Gasteiger charge is 2.27. The highest BCUT2D eigenvalue weighted by Crippen LogP contribution is 2.20. The lowest BCUT2D eigenvalue weighted by Gasteiger charge is -2.26. The maximum absolute atomic E-state index is 12.9. The van der Waals surface area contributed by atoms with E-state index in [1.807, 2.05) is 13.8 Å². The number of sulfonamides is 1. The van der Waals surface area contributed by atoms with Gasteiger partial charge in [-0.1, -0.05) is 13.8 Å². The van der Waals surface area contributed by atoms with Gasteiger partial charge in [0, 0.05) is 24.3 Å². The van der Waals surface area contributed by atoms with Crippen LogP contribution < -0.4 is 15.4 Å². The van der Waals surface area contributed by atoms with Crippen molar-refractivity contribution in [3.63, 3.8) is 0 Å². The van der Waals surface area contributed by atoms with Gasteiger partial charge >= 0.3 is 0 Å². The summed E-state index contributed by atoms with van der Waals surface area (Å²) in [5.74, 6) is -0.314. The van der Waals surface area contributed by atoms with Crippen molar-refractivity contribution in [3.8, 4) is 5.75 Å². The van der Waals surface area contributed by atoms with Crippen LogP contribution >= 0.6 is 0 Å². The summed E-state index contributed by atoms with van der Waals surface area (Å²) in [7, 11) is -2.07. The Labute approximate surface area is 194 Å². The molecule has 1 aliphatic rings. The summed E-state index contributed by atoms with van der Waals surface area (Å²) >= 11 is 0. The van der Waals surface area contributed by atoms with Gasteiger partial charge in [-0.25, -0.2) is 8.42 Å². The van der Waals surface area contributed by atoms with E-state index >= 15 is 0 Å². The zero-order valence-electron chi connectivity index (χ0n) is 18.9. The molecule has 0 unspecified atom stereocenters. The first kappa shape index (κ1) is 24.7. The number of rotatable bonds is 8. The summed E-state index contributed by atoms with van der Waals surface area (Å²) in [6.07, 6.45) is 0. The van der Waals surface area contributed by atoms with Crippen LogP contribution in [-0.2, 0) is 19.6 Å². The lowest BCUT2D eigenvalue weighted by Crippen LogP contribution is -2.47. The number of nitrogens with one attached hydrogen (secondary N) is 2.